The van der Waals surface area contributed by atoms with Gasteiger partial charge >= 0.3 is 0 Å². The van der Waals surface area contributed by atoms with E-state index in [1.165, 1.54) is 147 Å². The molecule has 21 rings (SSSR count). The molecule has 0 saturated heterocycles. The van der Waals surface area contributed by atoms with Crippen LogP contribution in [0.1, 0.15) is 177 Å². The predicted molar refractivity (Wildman–Crippen MR) is 599 cm³/mol. The molecule has 0 bridgehead atoms. The second kappa shape index (κ2) is 42.8. The van der Waals surface area contributed by atoms with Gasteiger partial charge in [-0.25, -0.2) is 9.97 Å². The van der Waals surface area contributed by atoms with Gasteiger partial charge in [-0.1, -0.05) is 311 Å². The number of imidazole rings is 2. The van der Waals surface area contributed by atoms with Crippen molar-refractivity contribution in [1.82, 2.24) is 32.8 Å². The lowest BCUT2D eigenvalue weighted by molar-refractivity contribution is 0.319. The van der Waals surface area contributed by atoms with Gasteiger partial charge in [-0.05, 0) is 222 Å². The van der Waals surface area contributed by atoms with Gasteiger partial charge in [-0.15, -0.1) is 0 Å². The molecule has 0 radical (unpaired) electrons. The van der Waals surface area contributed by atoms with E-state index in [-0.39, 0.29) is 36.2 Å². The molecular formula is C126H141N17. The van der Waals surface area contributed by atoms with Gasteiger partial charge in [0.25, 0.3) is 0 Å². The highest BCUT2D eigenvalue weighted by atomic mass is 15.5. The molecule has 17 nitrogen and oxygen atoms in total. The molecule has 5 aliphatic rings. The van der Waals surface area contributed by atoms with E-state index >= 15 is 0 Å². The molecule has 17 heteroatoms. The highest BCUT2D eigenvalue weighted by Gasteiger charge is 2.49. The summed E-state index contributed by atoms with van der Waals surface area (Å²) in [5.41, 5.74) is 31.8. The number of hydrogen-bond acceptors (Lipinski definition) is 12. The van der Waals surface area contributed by atoms with Crippen molar-refractivity contribution in [3.05, 3.63) is 490 Å². The van der Waals surface area contributed by atoms with Gasteiger partial charge in [0.1, 0.15) is 48.3 Å². The van der Waals surface area contributed by atoms with Crippen molar-refractivity contribution < 1.29 is 0 Å². The Morgan fingerprint density at radius 3 is 0.797 bits per heavy atom. The van der Waals surface area contributed by atoms with Crippen molar-refractivity contribution >= 4 is 69.2 Å². The van der Waals surface area contributed by atoms with E-state index in [0.29, 0.717) is 17.8 Å². The minimum Gasteiger partial charge on any atom is -0.337 e. The summed E-state index contributed by atoms with van der Waals surface area (Å²) in [6, 6.07) is 123. The summed E-state index contributed by atoms with van der Waals surface area (Å²) in [4.78, 5) is 34.2. The van der Waals surface area contributed by atoms with Gasteiger partial charge in [-0.3, -0.25) is 9.80 Å². The van der Waals surface area contributed by atoms with Crippen LogP contribution in [0.5, 0.6) is 0 Å². The normalized spacial score (nSPS) is 17.0. The molecule has 0 amide bonds. The number of nitrogens with zero attached hydrogens (tertiary/aromatic N) is 17. The maximum Gasteiger partial charge on any atom is 0.211 e. The Morgan fingerprint density at radius 2 is 0.490 bits per heavy atom. The van der Waals surface area contributed by atoms with E-state index in [0.717, 1.165) is 23.3 Å². The molecule has 0 aliphatic carbocycles. The number of aromatic nitrogens is 7. The average molecular weight is 1890 g/mol. The lowest BCUT2D eigenvalue weighted by atomic mass is 9.90. The topological polar surface area (TPSA) is 82.8 Å². The van der Waals surface area contributed by atoms with Crippen LogP contribution >= 0.6 is 0 Å². The molecule has 5 aromatic heterocycles. The molecule has 0 fully saturated rings. The van der Waals surface area contributed by atoms with Gasteiger partial charge in [0, 0.05) is 169 Å². The third-order valence-corrected chi connectivity index (χ3v) is 28.3. The van der Waals surface area contributed by atoms with Crippen LogP contribution in [-0.2, 0) is 35.2 Å². The van der Waals surface area contributed by atoms with E-state index in [2.05, 4.69) is 589 Å². The lowest BCUT2D eigenvalue weighted by Gasteiger charge is -2.43. The smallest absolute Gasteiger partial charge is 0.211 e. The third-order valence-electron chi connectivity index (χ3n) is 28.3. The number of para-hydroxylation sites is 5. The van der Waals surface area contributed by atoms with Crippen LogP contribution in [0.25, 0.3) is 11.4 Å². The van der Waals surface area contributed by atoms with Crippen molar-refractivity contribution in [3.63, 3.8) is 0 Å². The van der Waals surface area contributed by atoms with E-state index in [1.807, 2.05) is 31.8 Å². The van der Waals surface area contributed by atoms with Crippen LogP contribution in [-0.4, -0.2) is 39.0 Å². The Hall–Kier alpha value is -15.6. The van der Waals surface area contributed by atoms with Gasteiger partial charge < -0.3 is 62.0 Å². The van der Waals surface area contributed by atoms with Gasteiger partial charge in [0.2, 0.25) is 11.9 Å². The van der Waals surface area contributed by atoms with Crippen LogP contribution in [0.2, 0.25) is 0 Å². The Labute approximate surface area is 849 Å². The fraction of sp³-hybridized carbons (Fsp3) is 0.254. The molecule has 5 unspecified atom stereocenters. The number of allylic oxidation sites excluding steroid dienone is 8. The quantitative estimate of drug-likeness (QED) is 0.0773. The van der Waals surface area contributed by atoms with E-state index in [4.69, 9.17) is 9.97 Å². The third kappa shape index (κ3) is 19.5. The Balaban J connectivity index is 0.000000123. The molecule has 143 heavy (non-hydrogen) atoms. The first-order valence-corrected chi connectivity index (χ1v) is 50.4. The van der Waals surface area contributed by atoms with E-state index < -0.39 is 0 Å². The summed E-state index contributed by atoms with van der Waals surface area (Å²) < 4.78 is 10.8. The maximum absolute atomic E-state index is 4.77. The SMILES string of the molecule is CC1=C(C(C)C)N(c2ccccc2)C(C(C)(C)C)N1c1cccn1C.CC1=C(C(C)C)N(c2ccccc2)C(c2c(C)cccc2C)N1c1cccn1C.CC1=C(C(C)C)N(c2ccccc2)C(c2ccccc2)N1c1cccn1C.CC1=C(c2ccccc2)N(c2ccccc2)C(c2c(C)cccc2C)N1c1nccn1C.CC1=C(c2ccccc2)N(c2ccccc2)C(c2ccccc2)N1c1nccn1C. The van der Waals surface area contributed by atoms with Gasteiger partial charge in [-0.2, -0.15) is 0 Å². The molecule has 11 aromatic carbocycles. The molecular weight excluding hydrogens is 1750 g/mol. The standard InChI is InChI=1S/C28H28N4.C26H24N4.C26H31N3.C24H27N3.C22H31N3/c1-20-12-11-13-21(2)25(20)27-31(28-29-18-19-30(28)4)22(3)26(23-14-7-5-8-15-23)32(27)24-16-9-6-10-17-24;1-20-24(21-12-6-3-7-13-21)30(23-16-10-5-11-17-23)25(22-14-8-4-9-15-22)29(20)26-27-18-19-28(26)2;1-18(2)25-21(5)28(23-16-11-17-27(23)6)26(24-19(3)12-10-13-20(24)4)29(25)22-14-8-7-9-15-22;1-18(2)23-19(3)26(22-16-11-17-25(22)4)24(20-12-7-5-8-13-20)27(23)21-14-9-6-10-15-21;1-16(2)20-17(3)24(19-14-11-15-23(19)7)21(22(4,5)6)25(20)18-12-9-8-10-13-18/h5-19,27H,1-4H3;3-19,25H,1-2H3;7-18,26H,1-6H3;5-18,24H,1-4H3;8-16,21H,1-7H3. The predicted octanol–water partition coefficient (Wildman–Crippen LogP) is 30.4. The first-order chi connectivity index (χ1) is 69.1. The molecule has 5 atom stereocenters. The maximum atomic E-state index is 4.77. The zero-order valence-corrected chi connectivity index (χ0v) is 87.7. The summed E-state index contributed by atoms with van der Waals surface area (Å²) in [5, 5.41) is 0. The molecule has 5 aliphatic heterocycles. The summed E-state index contributed by atoms with van der Waals surface area (Å²) in [6.45, 7) is 40.8. The van der Waals surface area contributed by atoms with E-state index in [1.54, 1.807) is 0 Å². The Morgan fingerprint density at radius 1 is 0.231 bits per heavy atom. The monoisotopic (exact) mass is 1890 g/mol. The molecule has 0 spiro atoms. The second-order valence-corrected chi connectivity index (χ2v) is 40.1. The first kappa shape index (κ1) is 99.0. The highest BCUT2D eigenvalue weighted by molar-refractivity contribution is 5.91. The zero-order chi connectivity index (χ0) is 101. The van der Waals surface area contributed by atoms with Gasteiger partial charge in [0.15, 0.2) is 0 Å². The van der Waals surface area contributed by atoms with Crippen molar-refractivity contribution in [2.24, 2.45) is 58.4 Å². The lowest BCUT2D eigenvalue weighted by Crippen LogP contribution is -2.50. The fourth-order valence-corrected chi connectivity index (χ4v) is 22.2. The summed E-state index contributed by atoms with van der Waals surface area (Å²) in [5.74, 6) is 6.80. The number of hydrogen-bond donors (Lipinski definition) is 0. The summed E-state index contributed by atoms with van der Waals surface area (Å²) in [7, 11) is 10.5. The average Bonchev–Trinajstić information content (AvgIpc) is 1.58. The Kier molecular flexibility index (Phi) is 29.6. The van der Waals surface area contributed by atoms with Crippen molar-refractivity contribution in [3.8, 4) is 0 Å². The number of aryl methyl sites for hydroxylation is 9. The van der Waals surface area contributed by atoms with Crippen molar-refractivity contribution in [1.29, 1.82) is 0 Å². The molecule has 10 heterocycles. The minimum atomic E-state index is -0.0464. The second-order valence-electron chi connectivity index (χ2n) is 40.1. The molecule has 730 valence electrons. The summed E-state index contributed by atoms with van der Waals surface area (Å²) >= 11 is 0. The molecule has 16 aromatic rings. The van der Waals surface area contributed by atoms with Crippen LogP contribution in [0.15, 0.2) is 435 Å². The number of benzene rings is 11. The number of rotatable bonds is 19. The molecule has 0 saturated carbocycles. The fourth-order valence-electron chi connectivity index (χ4n) is 22.2. The molecule has 0 N–H and O–H groups in total. The van der Waals surface area contributed by atoms with Crippen LogP contribution in [0.3, 0.4) is 0 Å². The zero-order valence-electron chi connectivity index (χ0n) is 87.7. The van der Waals surface area contributed by atoms with Gasteiger partial charge in [0.05, 0.1) is 11.4 Å². The van der Waals surface area contributed by atoms with Crippen LogP contribution in [0.4, 0.5) is 57.8 Å². The highest BCUT2D eigenvalue weighted by Crippen LogP contribution is 2.55. The Bertz CT molecular complexity index is 7120. The largest absolute Gasteiger partial charge is 0.337 e. The summed E-state index contributed by atoms with van der Waals surface area (Å²) in [6.07, 6.45) is 14.5. The van der Waals surface area contributed by atoms with E-state index in [9.17, 15) is 0 Å². The minimum absolute atomic E-state index is 0.0371. The van der Waals surface area contributed by atoms with Crippen LogP contribution in [0, 0.1) is 50.9 Å². The van der Waals surface area contributed by atoms with Crippen LogP contribution < -0.4 is 49.0 Å². The van der Waals surface area contributed by atoms with Crippen molar-refractivity contribution in [2.75, 3.05) is 49.0 Å². The van der Waals surface area contributed by atoms with Crippen molar-refractivity contribution in [2.45, 2.75) is 155 Å². The number of anilines is 10. The first-order valence-electron chi connectivity index (χ1n) is 50.4.